The average Bonchev–Trinajstić information content (AvgIpc) is 2.41. The maximum absolute atomic E-state index is 12.3. The first-order valence-electron chi connectivity index (χ1n) is 4.16. The second kappa shape index (κ2) is 4.00. The molecule has 0 saturated carbocycles. The highest BCUT2D eigenvalue weighted by Crippen LogP contribution is 2.50. The van der Waals surface area contributed by atoms with Gasteiger partial charge in [-0.2, -0.15) is 26.3 Å². The van der Waals surface area contributed by atoms with Gasteiger partial charge in [0.05, 0.1) is 6.42 Å². The number of carbonyl (C=O) groups excluding carboxylic acids is 1. The molecule has 1 N–H and O–H groups in total. The highest BCUT2D eigenvalue weighted by molar-refractivity contribution is 5.82. The van der Waals surface area contributed by atoms with E-state index in [2.05, 4.69) is 9.47 Å². The molecule has 0 aliphatic carbocycles. The van der Waals surface area contributed by atoms with Gasteiger partial charge in [0.2, 0.25) is 0 Å². The number of hydrogen-bond acceptors (Lipinski definition) is 4. The molecule has 1 aliphatic rings. The normalized spacial score (nSPS) is 23.9. The Kier molecular flexibility index (Phi) is 3.23. The quantitative estimate of drug-likeness (QED) is 0.609. The van der Waals surface area contributed by atoms with Gasteiger partial charge in [-0.3, -0.25) is 4.79 Å². The molecule has 0 aromatic carbocycles. The molecule has 1 unspecified atom stereocenters. The number of esters is 1. The number of carboxylic acid groups (broad SMARTS) is 1. The lowest BCUT2D eigenvalue weighted by atomic mass is 10.2. The molecular formula is C7H4F6O5. The van der Waals surface area contributed by atoms with Gasteiger partial charge < -0.3 is 14.6 Å². The molecule has 0 aromatic rings. The maximum Gasteiger partial charge on any atom is 0.465 e. The number of alkyl halides is 6. The zero-order valence-electron chi connectivity index (χ0n) is 8.13. The molecule has 0 radical (unpaired) electrons. The van der Waals surface area contributed by atoms with E-state index in [9.17, 15) is 35.9 Å². The van der Waals surface area contributed by atoms with Gasteiger partial charge in [0.25, 0.3) is 0 Å². The molecule has 0 spiro atoms. The molecule has 1 aliphatic heterocycles. The fourth-order valence-corrected chi connectivity index (χ4v) is 1.17. The minimum atomic E-state index is -6.08. The number of rotatable bonds is 2. The monoisotopic (exact) mass is 282 g/mol. The minimum absolute atomic E-state index is 1.37. The SMILES string of the molecule is O=C(O)CC1OC(C(F)(F)F)(C(F)(F)F)OC1=O. The second-order valence-corrected chi connectivity index (χ2v) is 3.24. The predicted molar refractivity (Wildman–Crippen MR) is 38.1 cm³/mol. The van der Waals surface area contributed by atoms with Gasteiger partial charge in [-0.1, -0.05) is 0 Å². The molecule has 11 heteroatoms. The summed E-state index contributed by atoms with van der Waals surface area (Å²) in [4.78, 5) is 21.0. The van der Waals surface area contributed by atoms with Gasteiger partial charge in [-0.25, -0.2) is 4.79 Å². The van der Waals surface area contributed by atoms with E-state index in [0.29, 0.717) is 0 Å². The fourth-order valence-electron chi connectivity index (χ4n) is 1.17. The number of aliphatic carboxylic acids is 1. The lowest BCUT2D eigenvalue weighted by molar-refractivity contribution is -0.439. The van der Waals surface area contributed by atoms with E-state index in [1.54, 1.807) is 0 Å². The summed E-state index contributed by atoms with van der Waals surface area (Å²) in [7, 11) is 0. The third kappa shape index (κ3) is 2.21. The summed E-state index contributed by atoms with van der Waals surface area (Å²) < 4.78 is 80.7. The van der Waals surface area contributed by atoms with Crippen LogP contribution in [0.15, 0.2) is 0 Å². The molecular weight excluding hydrogens is 278 g/mol. The molecule has 1 fully saturated rings. The van der Waals surface area contributed by atoms with Gasteiger partial charge in [0, 0.05) is 0 Å². The summed E-state index contributed by atoms with van der Waals surface area (Å²) in [6.45, 7) is 0. The smallest absolute Gasteiger partial charge is 0.465 e. The summed E-state index contributed by atoms with van der Waals surface area (Å²) in [6.07, 6.45) is -16.0. The van der Waals surface area contributed by atoms with E-state index >= 15 is 0 Å². The van der Waals surface area contributed by atoms with Crippen LogP contribution in [0.1, 0.15) is 6.42 Å². The van der Waals surface area contributed by atoms with Crippen molar-refractivity contribution in [1.29, 1.82) is 0 Å². The summed E-state index contributed by atoms with van der Waals surface area (Å²) in [5.41, 5.74) is 0. The summed E-state index contributed by atoms with van der Waals surface area (Å²) in [6, 6.07) is 0. The van der Waals surface area contributed by atoms with Gasteiger partial charge >= 0.3 is 30.1 Å². The Balaban J connectivity index is 3.12. The van der Waals surface area contributed by atoms with E-state index in [1.807, 2.05) is 0 Å². The molecule has 5 nitrogen and oxygen atoms in total. The summed E-state index contributed by atoms with van der Waals surface area (Å²) >= 11 is 0. The first kappa shape index (κ1) is 14.5. The average molecular weight is 282 g/mol. The Hall–Kier alpha value is -1.52. The Bertz CT molecular complexity index is 358. The Morgan fingerprint density at radius 2 is 1.67 bits per heavy atom. The van der Waals surface area contributed by atoms with Gasteiger partial charge in [0.15, 0.2) is 6.10 Å². The third-order valence-electron chi connectivity index (χ3n) is 1.92. The maximum atomic E-state index is 12.3. The largest absolute Gasteiger partial charge is 0.481 e. The second-order valence-electron chi connectivity index (χ2n) is 3.24. The number of halogens is 6. The van der Waals surface area contributed by atoms with Crippen molar-refractivity contribution < 1.29 is 50.5 Å². The van der Waals surface area contributed by atoms with Crippen molar-refractivity contribution in [1.82, 2.24) is 0 Å². The van der Waals surface area contributed by atoms with Crippen LogP contribution in [-0.4, -0.2) is 41.3 Å². The number of carbonyl (C=O) groups is 2. The fraction of sp³-hybridized carbons (Fsp3) is 0.714. The van der Waals surface area contributed by atoms with Gasteiger partial charge in [-0.05, 0) is 0 Å². The van der Waals surface area contributed by atoms with Crippen LogP contribution in [0.4, 0.5) is 26.3 Å². The highest BCUT2D eigenvalue weighted by atomic mass is 19.4. The van der Waals surface area contributed by atoms with Crippen molar-refractivity contribution in [3.63, 3.8) is 0 Å². The van der Waals surface area contributed by atoms with Gasteiger partial charge in [0.1, 0.15) is 0 Å². The van der Waals surface area contributed by atoms with Crippen molar-refractivity contribution in [3.05, 3.63) is 0 Å². The number of ether oxygens (including phenoxy) is 2. The lowest BCUT2D eigenvalue weighted by Gasteiger charge is -2.30. The molecule has 1 heterocycles. The van der Waals surface area contributed by atoms with Crippen LogP contribution in [0.3, 0.4) is 0 Å². The van der Waals surface area contributed by atoms with Crippen LogP contribution in [-0.2, 0) is 19.1 Å². The van der Waals surface area contributed by atoms with E-state index in [0.717, 1.165) is 0 Å². The Labute approximate surface area is 94.3 Å². The Morgan fingerprint density at radius 1 is 1.22 bits per heavy atom. The molecule has 18 heavy (non-hydrogen) atoms. The standard InChI is InChI=1S/C7H4F6O5/c8-6(9,10)5(7(11,12)13)17-2(1-3(14)15)4(16)18-5/h2H,1H2,(H,14,15). The summed E-state index contributed by atoms with van der Waals surface area (Å²) in [5, 5.41) is 8.22. The van der Waals surface area contributed by atoms with Crippen molar-refractivity contribution in [2.45, 2.75) is 30.7 Å². The molecule has 1 atom stereocenters. The van der Waals surface area contributed by atoms with E-state index in [-0.39, 0.29) is 0 Å². The zero-order chi connectivity index (χ0) is 14.4. The van der Waals surface area contributed by atoms with E-state index in [4.69, 9.17) is 5.11 Å². The first-order chi connectivity index (χ1) is 7.91. The zero-order valence-corrected chi connectivity index (χ0v) is 8.13. The van der Waals surface area contributed by atoms with Crippen LogP contribution in [0.2, 0.25) is 0 Å². The predicted octanol–water partition coefficient (Wildman–Crippen LogP) is 1.22. The summed E-state index contributed by atoms with van der Waals surface area (Å²) in [5.74, 6) is -8.96. The number of hydrogen-bond donors (Lipinski definition) is 1. The van der Waals surface area contributed by atoms with Crippen molar-refractivity contribution in [3.8, 4) is 0 Å². The molecule has 0 amide bonds. The molecule has 0 aromatic heterocycles. The third-order valence-corrected chi connectivity index (χ3v) is 1.92. The van der Waals surface area contributed by atoms with Crippen molar-refractivity contribution in [2.75, 3.05) is 0 Å². The van der Waals surface area contributed by atoms with Crippen LogP contribution < -0.4 is 0 Å². The lowest BCUT2D eigenvalue weighted by Crippen LogP contribution is -2.58. The topological polar surface area (TPSA) is 72.8 Å². The van der Waals surface area contributed by atoms with Crippen LogP contribution in [0.25, 0.3) is 0 Å². The number of carboxylic acids is 1. The van der Waals surface area contributed by atoms with Crippen molar-refractivity contribution >= 4 is 11.9 Å². The number of cyclic esters (lactones) is 1. The Morgan fingerprint density at radius 3 is 1.94 bits per heavy atom. The van der Waals surface area contributed by atoms with E-state index in [1.165, 1.54) is 0 Å². The van der Waals surface area contributed by atoms with E-state index < -0.39 is 42.6 Å². The van der Waals surface area contributed by atoms with Gasteiger partial charge in [-0.15, -0.1) is 0 Å². The van der Waals surface area contributed by atoms with Crippen LogP contribution >= 0.6 is 0 Å². The molecule has 104 valence electrons. The highest BCUT2D eigenvalue weighted by Gasteiger charge is 2.80. The first-order valence-corrected chi connectivity index (χ1v) is 4.16. The minimum Gasteiger partial charge on any atom is -0.481 e. The van der Waals surface area contributed by atoms with Crippen LogP contribution in [0, 0.1) is 0 Å². The molecule has 1 rings (SSSR count). The van der Waals surface area contributed by atoms with Crippen LogP contribution in [0.5, 0.6) is 0 Å². The molecule has 0 bridgehead atoms. The molecule has 1 saturated heterocycles. The van der Waals surface area contributed by atoms with Crippen molar-refractivity contribution in [2.24, 2.45) is 0 Å².